The number of carboxylic acid groups (broad SMARTS) is 1. The van der Waals surface area contributed by atoms with E-state index in [0.717, 1.165) is 12.3 Å². The normalized spacial score (nSPS) is 10.4. The molecule has 0 aromatic carbocycles. The highest BCUT2D eigenvalue weighted by Gasteiger charge is 2.08. The molecule has 6 nitrogen and oxygen atoms in total. The Balaban J connectivity index is 2.82. The van der Waals surface area contributed by atoms with Crippen LogP contribution in [0.2, 0.25) is 0 Å². The lowest BCUT2D eigenvalue weighted by Crippen LogP contribution is -2.05. The third kappa shape index (κ3) is 1.52. The van der Waals surface area contributed by atoms with E-state index in [2.05, 4.69) is 9.97 Å². The van der Waals surface area contributed by atoms with Crippen molar-refractivity contribution in [1.82, 2.24) is 9.97 Å². The Labute approximate surface area is 82.8 Å². The molecule has 0 aliphatic rings. The molecule has 0 atom stereocenters. The summed E-state index contributed by atoms with van der Waals surface area (Å²) in [4.78, 5) is 27.7. The van der Waals surface area contributed by atoms with Gasteiger partial charge in [0.25, 0.3) is 5.56 Å². The molecule has 0 spiro atoms. The van der Waals surface area contributed by atoms with Gasteiger partial charge in [0.2, 0.25) is 0 Å². The lowest BCUT2D eigenvalue weighted by Gasteiger charge is -2.00. The molecule has 2 aromatic heterocycles. The molecule has 6 heteroatoms. The van der Waals surface area contributed by atoms with Gasteiger partial charge >= 0.3 is 5.97 Å². The highest BCUT2D eigenvalue weighted by molar-refractivity contribution is 5.93. The quantitative estimate of drug-likeness (QED) is 0.623. The number of aromatic carboxylic acids is 1. The first kappa shape index (κ1) is 9.20. The van der Waals surface area contributed by atoms with E-state index in [1.165, 1.54) is 6.07 Å². The van der Waals surface area contributed by atoms with Crippen LogP contribution in [0.5, 0.6) is 5.75 Å². The average molecular weight is 206 g/mol. The maximum atomic E-state index is 11.0. The minimum Gasteiger partial charge on any atom is -0.507 e. The molecule has 0 fully saturated rings. The summed E-state index contributed by atoms with van der Waals surface area (Å²) >= 11 is 0. The number of hydrogen-bond donors (Lipinski definition) is 3. The molecule has 76 valence electrons. The fourth-order valence-electron chi connectivity index (χ4n) is 1.23. The number of aromatic amines is 1. The Kier molecular flexibility index (Phi) is 1.89. The van der Waals surface area contributed by atoms with Crippen molar-refractivity contribution in [3.63, 3.8) is 0 Å². The molecule has 2 aromatic rings. The van der Waals surface area contributed by atoms with Gasteiger partial charge in [0.05, 0.1) is 10.9 Å². The molecule has 0 unspecified atom stereocenters. The van der Waals surface area contributed by atoms with Gasteiger partial charge in [-0.25, -0.2) is 9.78 Å². The number of H-pyrrole nitrogens is 1. The lowest BCUT2D eigenvalue weighted by molar-refractivity contribution is 0.0696. The fraction of sp³-hybridized carbons (Fsp3) is 0. The van der Waals surface area contributed by atoms with Crippen LogP contribution in [0, 0.1) is 0 Å². The minimum absolute atomic E-state index is 0.0511. The predicted octanol–water partition coefficient (Wildman–Crippen LogP) is 0.327. The van der Waals surface area contributed by atoms with E-state index < -0.39 is 11.5 Å². The molecular formula is C9H6N2O4. The van der Waals surface area contributed by atoms with Gasteiger partial charge in [0.1, 0.15) is 11.4 Å². The van der Waals surface area contributed by atoms with Gasteiger partial charge in [-0.15, -0.1) is 0 Å². The van der Waals surface area contributed by atoms with Gasteiger partial charge < -0.3 is 15.2 Å². The molecule has 0 radical (unpaired) electrons. The Morgan fingerprint density at radius 2 is 2.13 bits per heavy atom. The number of aromatic nitrogens is 2. The van der Waals surface area contributed by atoms with Crippen LogP contribution in [0.1, 0.15) is 10.4 Å². The average Bonchev–Trinajstić information content (AvgIpc) is 2.16. The van der Waals surface area contributed by atoms with Gasteiger partial charge in [-0.05, 0) is 6.07 Å². The zero-order valence-electron chi connectivity index (χ0n) is 7.39. The van der Waals surface area contributed by atoms with Crippen LogP contribution in [-0.4, -0.2) is 26.2 Å². The summed E-state index contributed by atoms with van der Waals surface area (Å²) in [6.07, 6.45) is 1.11. The van der Waals surface area contributed by atoms with Gasteiger partial charge in [0.15, 0.2) is 0 Å². The van der Waals surface area contributed by atoms with Crippen molar-refractivity contribution in [2.45, 2.75) is 0 Å². The second-order valence-electron chi connectivity index (χ2n) is 2.94. The monoisotopic (exact) mass is 206 g/mol. The number of pyridine rings is 2. The predicted molar refractivity (Wildman–Crippen MR) is 51.0 cm³/mol. The molecule has 2 heterocycles. The summed E-state index contributed by atoms with van der Waals surface area (Å²) in [6.45, 7) is 0. The molecule has 0 bridgehead atoms. The van der Waals surface area contributed by atoms with E-state index in [0.29, 0.717) is 0 Å². The Hall–Kier alpha value is -2.37. The zero-order valence-corrected chi connectivity index (χ0v) is 7.39. The summed E-state index contributed by atoms with van der Waals surface area (Å²) in [7, 11) is 0. The molecule has 0 saturated heterocycles. The van der Waals surface area contributed by atoms with E-state index in [-0.39, 0.29) is 22.3 Å². The molecule has 0 amide bonds. The fourth-order valence-corrected chi connectivity index (χ4v) is 1.23. The number of carboxylic acids is 1. The van der Waals surface area contributed by atoms with E-state index in [1.54, 1.807) is 0 Å². The van der Waals surface area contributed by atoms with E-state index in [4.69, 9.17) is 5.11 Å². The van der Waals surface area contributed by atoms with Crippen molar-refractivity contribution in [2.75, 3.05) is 0 Å². The third-order valence-electron chi connectivity index (χ3n) is 1.92. The van der Waals surface area contributed by atoms with Crippen molar-refractivity contribution < 1.29 is 15.0 Å². The second kappa shape index (κ2) is 3.09. The van der Waals surface area contributed by atoms with Crippen molar-refractivity contribution in [3.8, 4) is 5.75 Å². The third-order valence-corrected chi connectivity index (χ3v) is 1.92. The van der Waals surface area contributed by atoms with Crippen LogP contribution in [0.4, 0.5) is 0 Å². The topological polar surface area (TPSA) is 103 Å². The number of fused-ring (bicyclic) bond motifs is 1. The van der Waals surface area contributed by atoms with Gasteiger partial charge in [-0.3, -0.25) is 4.79 Å². The van der Waals surface area contributed by atoms with Crippen molar-refractivity contribution in [1.29, 1.82) is 0 Å². The number of aromatic hydroxyl groups is 1. The van der Waals surface area contributed by atoms with Gasteiger partial charge in [-0.1, -0.05) is 0 Å². The highest BCUT2D eigenvalue weighted by Crippen LogP contribution is 2.19. The number of nitrogens with zero attached hydrogens (tertiary/aromatic N) is 1. The van der Waals surface area contributed by atoms with Crippen molar-refractivity contribution in [2.24, 2.45) is 0 Å². The standard InChI is InChI=1S/C9H6N2O4/c12-6-2-7(13)11-8-5(6)1-4(3-10-8)9(14)15/h1-3H,(H,14,15)(H2,10,11,12,13). The number of hydrogen-bond acceptors (Lipinski definition) is 4. The second-order valence-corrected chi connectivity index (χ2v) is 2.94. The minimum atomic E-state index is -1.14. The molecule has 2 rings (SSSR count). The van der Waals surface area contributed by atoms with Crippen LogP contribution in [0.15, 0.2) is 23.1 Å². The van der Waals surface area contributed by atoms with E-state index in [1.807, 2.05) is 0 Å². The van der Waals surface area contributed by atoms with Gasteiger partial charge in [0, 0.05) is 12.3 Å². The molecule has 3 N–H and O–H groups in total. The first-order valence-electron chi connectivity index (χ1n) is 4.03. The van der Waals surface area contributed by atoms with Crippen LogP contribution < -0.4 is 5.56 Å². The summed E-state index contributed by atoms with van der Waals surface area (Å²) in [5, 5.41) is 18.3. The molecule has 0 saturated carbocycles. The number of carbonyl (C=O) groups is 1. The summed E-state index contributed by atoms with van der Waals surface area (Å²) < 4.78 is 0. The maximum Gasteiger partial charge on any atom is 0.337 e. The lowest BCUT2D eigenvalue weighted by atomic mass is 10.2. The summed E-state index contributed by atoms with van der Waals surface area (Å²) in [5.74, 6) is -1.43. The molecular weight excluding hydrogens is 200 g/mol. The Morgan fingerprint density at radius 1 is 1.40 bits per heavy atom. The van der Waals surface area contributed by atoms with Gasteiger partial charge in [-0.2, -0.15) is 0 Å². The molecule has 0 aliphatic carbocycles. The van der Waals surface area contributed by atoms with Crippen LogP contribution in [0.25, 0.3) is 11.0 Å². The summed E-state index contributed by atoms with van der Waals surface area (Å²) in [5.41, 5.74) is -0.384. The first-order chi connectivity index (χ1) is 7.08. The maximum absolute atomic E-state index is 11.0. The van der Waals surface area contributed by atoms with Crippen molar-refractivity contribution >= 4 is 17.0 Å². The Morgan fingerprint density at radius 3 is 2.80 bits per heavy atom. The molecule has 15 heavy (non-hydrogen) atoms. The van der Waals surface area contributed by atoms with E-state index >= 15 is 0 Å². The molecule has 0 aliphatic heterocycles. The number of rotatable bonds is 1. The Bertz CT molecular complexity index is 603. The first-order valence-corrected chi connectivity index (χ1v) is 4.03. The number of nitrogens with one attached hydrogen (secondary N) is 1. The highest BCUT2D eigenvalue weighted by atomic mass is 16.4. The smallest absolute Gasteiger partial charge is 0.337 e. The van der Waals surface area contributed by atoms with E-state index in [9.17, 15) is 14.7 Å². The van der Waals surface area contributed by atoms with Crippen molar-refractivity contribution in [3.05, 3.63) is 34.2 Å². The van der Waals surface area contributed by atoms with Crippen LogP contribution in [-0.2, 0) is 0 Å². The van der Waals surface area contributed by atoms with Crippen LogP contribution >= 0.6 is 0 Å². The summed E-state index contributed by atoms with van der Waals surface area (Å²) in [6, 6.07) is 2.21. The SMILES string of the molecule is O=C(O)c1cnc2[nH]c(=O)cc(O)c2c1. The largest absolute Gasteiger partial charge is 0.507 e. The zero-order chi connectivity index (χ0) is 11.0. The van der Waals surface area contributed by atoms with Crippen LogP contribution in [0.3, 0.4) is 0 Å².